The maximum atomic E-state index is 4.36. The summed E-state index contributed by atoms with van der Waals surface area (Å²) in [5.41, 5.74) is 4.93. The average Bonchev–Trinajstić information content (AvgIpc) is 2.61. The number of hydrogen-bond donors (Lipinski definition) is 1. The van der Waals surface area contributed by atoms with Gasteiger partial charge in [-0.1, -0.05) is 0 Å². The van der Waals surface area contributed by atoms with E-state index in [1.807, 2.05) is 12.4 Å². The van der Waals surface area contributed by atoms with Crippen LogP contribution >= 0.6 is 0 Å². The Morgan fingerprint density at radius 3 is 3.29 bits per heavy atom. The number of hydrogen-bond acceptors (Lipinski definition) is 2. The van der Waals surface area contributed by atoms with Crippen LogP contribution in [0.15, 0.2) is 24.8 Å². The monoisotopic (exact) mass is 185 g/mol. The molecule has 0 bridgehead atoms. The fourth-order valence-corrected chi connectivity index (χ4v) is 2.07. The van der Waals surface area contributed by atoms with Crippen molar-refractivity contribution >= 4 is 0 Å². The molecule has 1 aliphatic carbocycles. The molecule has 0 amide bonds. The standard InChI is InChI=1S/C11H11N3/c1-2-8-6-12-7-14-11(8)9-4-5-13-10(9)3-1/h4-7,13H,1-3H2. The summed E-state index contributed by atoms with van der Waals surface area (Å²) in [4.78, 5) is 11.7. The first-order valence-electron chi connectivity index (χ1n) is 4.90. The lowest BCUT2D eigenvalue weighted by atomic mass is 10.1. The maximum absolute atomic E-state index is 4.36. The third-order valence-corrected chi connectivity index (χ3v) is 2.75. The molecule has 0 fully saturated rings. The van der Waals surface area contributed by atoms with E-state index < -0.39 is 0 Å². The average molecular weight is 185 g/mol. The summed E-state index contributed by atoms with van der Waals surface area (Å²) in [6, 6.07) is 2.10. The van der Waals surface area contributed by atoms with E-state index in [4.69, 9.17) is 0 Å². The van der Waals surface area contributed by atoms with Gasteiger partial charge in [-0.2, -0.15) is 0 Å². The second-order valence-electron chi connectivity index (χ2n) is 3.62. The third kappa shape index (κ3) is 1.05. The molecule has 0 unspecified atom stereocenters. The van der Waals surface area contributed by atoms with Crippen molar-refractivity contribution in [2.45, 2.75) is 19.3 Å². The molecule has 0 aliphatic heterocycles. The molecule has 3 nitrogen and oxygen atoms in total. The molecule has 2 aromatic rings. The summed E-state index contributed by atoms with van der Waals surface area (Å²) in [7, 11) is 0. The van der Waals surface area contributed by atoms with Gasteiger partial charge in [0.05, 0.1) is 5.69 Å². The van der Waals surface area contributed by atoms with Crippen LogP contribution in [0.2, 0.25) is 0 Å². The largest absolute Gasteiger partial charge is 0.364 e. The lowest BCUT2D eigenvalue weighted by Gasteiger charge is -2.02. The minimum Gasteiger partial charge on any atom is -0.364 e. The molecule has 2 heterocycles. The lowest BCUT2D eigenvalue weighted by molar-refractivity contribution is 0.813. The quantitative estimate of drug-likeness (QED) is 0.681. The van der Waals surface area contributed by atoms with Crippen LogP contribution < -0.4 is 0 Å². The highest BCUT2D eigenvalue weighted by atomic mass is 14.8. The van der Waals surface area contributed by atoms with Gasteiger partial charge in [-0.15, -0.1) is 0 Å². The first-order valence-corrected chi connectivity index (χ1v) is 4.90. The number of nitrogens with zero attached hydrogens (tertiary/aromatic N) is 2. The van der Waals surface area contributed by atoms with E-state index in [0.717, 1.165) is 18.5 Å². The predicted octanol–water partition coefficient (Wildman–Crippen LogP) is 1.96. The summed E-state index contributed by atoms with van der Waals surface area (Å²) >= 11 is 0. The Bertz CT molecular complexity index is 459. The summed E-state index contributed by atoms with van der Waals surface area (Å²) in [5.74, 6) is 0. The van der Waals surface area contributed by atoms with Crippen molar-refractivity contribution in [1.82, 2.24) is 15.0 Å². The fourth-order valence-electron chi connectivity index (χ4n) is 2.07. The van der Waals surface area contributed by atoms with Gasteiger partial charge in [-0.3, -0.25) is 0 Å². The van der Waals surface area contributed by atoms with Gasteiger partial charge in [0.2, 0.25) is 0 Å². The van der Waals surface area contributed by atoms with Gasteiger partial charge in [0.15, 0.2) is 0 Å². The van der Waals surface area contributed by atoms with E-state index in [-0.39, 0.29) is 0 Å². The molecule has 2 aromatic heterocycles. The Balaban J connectivity index is 2.27. The molecule has 0 saturated heterocycles. The van der Waals surface area contributed by atoms with Crippen LogP contribution in [0, 0.1) is 0 Å². The van der Waals surface area contributed by atoms with E-state index in [1.165, 1.54) is 23.2 Å². The molecule has 70 valence electrons. The number of H-pyrrole nitrogens is 1. The van der Waals surface area contributed by atoms with Crippen molar-refractivity contribution in [3.05, 3.63) is 36.0 Å². The van der Waals surface area contributed by atoms with Crippen LogP contribution in [0.1, 0.15) is 17.7 Å². The maximum Gasteiger partial charge on any atom is 0.116 e. The molecule has 0 saturated carbocycles. The van der Waals surface area contributed by atoms with Crippen molar-refractivity contribution < 1.29 is 0 Å². The van der Waals surface area contributed by atoms with E-state index in [0.29, 0.717) is 0 Å². The van der Waals surface area contributed by atoms with Gasteiger partial charge in [0, 0.05) is 23.7 Å². The molecule has 0 spiro atoms. The number of rotatable bonds is 0. The molecule has 3 rings (SSSR count). The molecule has 3 heteroatoms. The normalized spacial score (nSPS) is 14.3. The Morgan fingerprint density at radius 2 is 2.29 bits per heavy atom. The van der Waals surface area contributed by atoms with Crippen LogP contribution in [0.4, 0.5) is 0 Å². The zero-order valence-electron chi connectivity index (χ0n) is 7.83. The van der Waals surface area contributed by atoms with E-state index in [9.17, 15) is 0 Å². The van der Waals surface area contributed by atoms with Crippen LogP contribution in [-0.2, 0) is 12.8 Å². The Morgan fingerprint density at radius 1 is 1.29 bits per heavy atom. The number of aromatic amines is 1. The molecule has 0 atom stereocenters. The summed E-state index contributed by atoms with van der Waals surface area (Å²) in [6.45, 7) is 0. The van der Waals surface area contributed by atoms with Crippen molar-refractivity contribution in [3.63, 3.8) is 0 Å². The highest BCUT2D eigenvalue weighted by Crippen LogP contribution is 2.28. The SMILES string of the molecule is c1ncc2c(n1)-c1cc[nH]c1CCC2. The zero-order chi connectivity index (χ0) is 9.38. The smallest absolute Gasteiger partial charge is 0.116 e. The molecule has 0 radical (unpaired) electrons. The van der Waals surface area contributed by atoms with E-state index in [2.05, 4.69) is 21.0 Å². The molecule has 1 N–H and O–H groups in total. The van der Waals surface area contributed by atoms with Crippen molar-refractivity contribution in [2.75, 3.05) is 0 Å². The lowest BCUT2D eigenvalue weighted by Crippen LogP contribution is -1.91. The first kappa shape index (κ1) is 7.74. The number of fused-ring (bicyclic) bond motifs is 3. The first-order chi connectivity index (χ1) is 6.95. The van der Waals surface area contributed by atoms with E-state index >= 15 is 0 Å². The highest BCUT2D eigenvalue weighted by molar-refractivity contribution is 5.66. The van der Waals surface area contributed by atoms with Gasteiger partial charge in [0.25, 0.3) is 0 Å². The van der Waals surface area contributed by atoms with Gasteiger partial charge >= 0.3 is 0 Å². The number of aromatic nitrogens is 3. The van der Waals surface area contributed by atoms with Gasteiger partial charge < -0.3 is 4.98 Å². The zero-order valence-corrected chi connectivity index (χ0v) is 7.83. The minimum absolute atomic E-state index is 1.08. The molecular weight excluding hydrogens is 174 g/mol. The molecule has 0 aromatic carbocycles. The van der Waals surface area contributed by atoms with Crippen LogP contribution in [0.5, 0.6) is 0 Å². The topological polar surface area (TPSA) is 41.6 Å². The second kappa shape index (κ2) is 2.94. The summed E-state index contributed by atoms with van der Waals surface area (Å²) in [5, 5.41) is 0. The number of aryl methyl sites for hydroxylation is 2. The van der Waals surface area contributed by atoms with Crippen molar-refractivity contribution in [3.8, 4) is 11.3 Å². The van der Waals surface area contributed by atoms with Crippen LogP contribution in [0.25, 0.3) is 11.3 Å². The fraction of sp³-hybridized carbons (Fsp3) is 0.273. The van der Waals surface area contributed by atoms with Crippen molar-refractivity contribution in [2.24, 2.45) is 0 Å². The Labute approximate surface area is 82.2 Å². The second-order valence-corrected chi connectivity index (χ2v) is 3.62. The van der Waals surface area contributed by atoms with Gasteiger partial charge in [0.1, 0.15) is 6.33 Å². The highest BCUT2D eigenvalue weighted by Gasteiger charge is 2.15. The van der Waals surface area contributed by atoms with Crippen LogP contribution in [-0.4, -0.2) is 15.0 Å². The van der Waals surface area contributed by atoms with Gasteiger partial charge in [-0.25, -0.2) is 9.97 Å². The molecular formula is C11H11N3. The van der Waals surface area contributed by atoms with Gasteiger partial charge in [-0.05, 0) is 30.9 Å². The van der Waals surface area contributed by atoms with Crippen LogP contribution in [0.3, 0.4) is 0 Å². The Hall–Kier alpha value is -1.64. The number of nitrogens with one attached hydrogen (secondary N) is 1. The summed E-state index contributed by atoms with van der Waals surface area (Å²) in [6.07, 6.45) is 8.92. The predicted molar refractivity (Wildman–Crippen MR) is 53.8 cm³/mol. The minimum atomic E-state index is 1.08. The molecule has 14 heavy (non-hydrogen) atoms. The van der Waals surface area contributed by atoms with E-state index in [1.54, 1.807) is 6.33 Å². The summed E-state index contributed by atoms with van der Waals surface area (Å²) < 4.78 is 0. The third-order valence-electron chi connectivity index (χ3n) is 2.75. The molecule has 1 aliphatic rings. The van der Waals surface area contributed by atoms with Crippen molar-refractivity contribution in [1.29, 1.82) is 0 Å². The Kier molecular flexibility index (Phi) is 1.63.